The Morgan fingerprint density at radius 2 is 2.12 bits per heavy atom. The number of ether oxygens (including phenoxy) is 3. The number of nitrogens with zero attached hydrogens (tertiary/aromatic N) is 1. The molecule has 0 radical (unpaired) electrons. The van der Waals surface area contributed by atoms with E-state index in [1.807, 2.05) is 0 Å². The van der Waals surface area contributed by atoms with Gasteiger partial charge in [0, 0.05) is 0 Å². The van der Waals surface area contributed by atoms with Crippen molar-refractivity contribution < 1.29 is 28.2 Å². The number of hydrogen-bond acceptors (Lipinski definition) is 7. The zero-order valence-corrected chi connectivity index (χ0v) is 13.1. The van der Waals surface area contributed by atoms with Crippen molar-refractivity contribution in [1.82, 2.24) is 5.43 Å². The molecular formula is C16H16N2O6. The summed E-state index contributed by atoms with van der Waals surface area (Å²) in [5.74, 6) is 0.0656. The molecule has 0 saturated heterocycles. The highest BCUT2D eigenvalue weighted by Gasteiger charge is 2.15. The molecule has 1 aromatic carbocycles. The molecule has 0 spiro atoms. The highest BCUT2D eigenvalue weighted by Crippen LogP contribution is 2.29. The Kier molecular flexibility index (Phi) is 5.95. The molecule has 0 aliphatic heterocycles. The van der Waals surface area contributed by atoms with Gasteiger partial charge in [0.1, 0.15) is 0 Å². The SMILES string of the molecule is CCOc1cc(C=NNC(=O)OC)ccc1OC(=O)c1ccco1. The lowest BCUT2D eigenvalue weighted by molar-refractivity contribution is 0.0695. The Morgan fingerprint density at radius 3 is 2.79 bits per heavy atom. The van der Waals surface area contributed by atoms with E-state index in [0.29, 0.717) is 17.9 Å². The van der Waals surface area contributed by atoms with Crippen molar-refractivity contribution in [3.63, 3.8) is 0 Å². The van der Waals surface area contributed by atoms with Crippen LogP contribution in [0.1, 0.15) is 23.0 Å². The molecule has 1 amide bonds. The third-order valence-corrected chi connectivity index (χ3v) is 2.75. The monoisotopic (exact) mass is 332 g/mol. The first-order chi connectivity index (χ1) is 11.6. The number of hydrogen-bond donors (Lipinski definition) is 1. The van der Waals surface area contributed by atoms with Crippen LogP contribution < -0.4 is 14.9 Å². The van der Waals surface area contributed by atoms with Crippen LogP contribution in [0.5, 0.6) is 11.5 Å². The molecule has 0 aliphatic rings. The quantitative estimate of drug-likeness (QED) is 0.378. The van der Waals surface area contributed by atoms with Crippen molar-refractivity contribution in [2.75, 3.05) is 13.7 Å². The zero-order chi connectivity index (χ0) is 17.4. The molecule has 0 unspecified atom stereocenters. The number of furan rings is 1. The molecule has 1 N–H and O–H groups in total. The van der Waals surface area contributed by atoms with Gasteiger partial charge in [0.05, 0.1) is 26.2 Å². The van der Waals surface area contributed by atoms with Crippen molar-refractivity contribution in [3.05, 3.63) is 47.9 Å². The van der Waals surface area contributed by atoms with Gasteiger partial charge in [0.15, 0.2) is 11.5 Å². The van der Waals surface area contributed by atoms with Crippen molar-refractivity contribution in [3.8, 4) is 11.5 Å². The van der Waals surface area contributed by atoms with Crippen LogP contribution >= 0.6 is 0 Å². The molecule has 2 rings (SSSR count). The van der Waals surface area contributed by atoms with Crippen LogP contribution in [0.2, 0.25) is 0 Å². The van der Waals surface area contributed by atoms with Gasteiger partial charge in [-0.2, -0.15) is 5.10 Å². The van der Waals surface area contributed by atoms with Crippen LogP contribution in [0.3, 0.4) is 0 Å². The minimum Gasteiger partial charge on any atom is -0.490 e. The van der Waals surface area contributed by atoms with Gasteiger partial charge in [-0.25, -0.2) is 15.0 Å². The van der Waals surface area contributed by atoms with Crippen LogP contribution in [-0.2, 0) is 4.74 Å². The lowest BCUT2D eigenvalue weighted by atomic mass is 10.2. The van der Waals surface area contributed by atoms with E-state index in [1.165, 1.54) is 25.7 Å². The summed E-state index contributed by atoms with van der Waals surface area (Å²) >= 11 is 0. The van der Waals surface area contributed by atoms with E-state index in [9.17, 15) is 9.59 Å². The van der Waals surface area contributed by atoms with Gasteiger partial charge in [-0.1, -0.05) is 0 Å². The number of nitrogens with one attached hydrogen (secondary N) is 1. The van der Waals surface area contributed by atoms with E-state index in [2.05, 4.69) is 15.3 Å². The fraction of sp³-hybridized carbons (Fsp3) is 0.188. The summed E-state index contributed by atoms with van der Waals surface area (Å²) in [6.45, 7) is 2.18. The number of methoxy groups -OCH3 is 1. The lowest BCUT2D eigenvalue weighted by Crippen LogP contribution is -2.16. The minimum absolute atomic E-state index is 0.0883. The maximum absolute atomic E-state index is 11.9. The average molecular weight is 332 g/mol. The molecule has 8 nitrogen and oxygen atoms in total. The summed E-state index contributed by atoms with van der Waals surface area (Å²) in [6, 6.07) is 7.92. The van der Waals surface area contributed by atoms with Crippen molar-refractivity contribution >= 4 is 18.3 Å². The van der Waals surface area contributed by atoms with Crippen molar-refractivity contribution in [2.24, 2.45) is 5.10 Å². The van der Waals surface area contributed by atoms with Crippen LogP contribution in [0, 0.1) is 0 Å². The Bertz CT molecular complexity index is 724. The zero-order valence-electron chi connectivity index (χ0n) is 13.1. The van der Waals surface area contributed by atoms with E-state index in [4.69, 9.17) is 13.9 Å². The standard InChI is InChI=1S/C16H16N2O6/c1-3-22-14-9-11(10-17-18-16(20)21-2)6-7-12(14)24-15(19)13-5-4-8-23-13/h4-10H,3H2,1-2H3,(H,18,20). The fourth-order valence-electron chi connectivity index (χ4n) is 1.71. The van der Waals surface area contributed by atoms with E-state index < -0.39 is 12.1 Å². The third kappa shape index (κ3) is 4.60. The average Bonchev–Trinajstić information content (AvgIpc) is 3.11. The summed E-state index contributed by atoms with van der Waals surface area (Å²) < 4.78 is 20.1. The Morgan fingerprint density at radius 1 is 1.29 bits per heavy atom. The van der Waals surface area contributed by atoms with Gasteiger partial charge in [0.2, 0.25) is 5.76 Å². The maximum Gasteiger partial charge on any atom is 0.427 e. The van der Waals surface area contributed by atoms with Gasteiger partial charge in [-0.05, 0) is 42.8 Å². The number of carbonyl (C=O) groups is 2. The molecular weight excluding hydrogens is 316 g/mol. The highest BCUT2D eigenvalue weighted by molar-refractivity contribution is 5.89. The first kappa shape index (κ1) is 17.1. The minimum atomic E-state index is -0.680. The first-order valence-corrected chi connectivity index (χ1v) is 7.03. The molecule has 0 bridgehead atoms. The third-order valence-electron chi connectivity index (χ3n) is 2.75. The summed E-state index contributed by atoms with van der Waals surface area (Å²) in [7, 11) is 1.24. The topological polar surface area (TPSA) is 99.4 Å². The van der Waals surface area contributed by atoms with Crippen LogP contribution in [0.25, 0.3) is 0 Å². The van der Waals surface area contributed by atoms with Crippen LogP contribution in [-0.4, -0.2) is 32.0 Å². The van der Waals surface area contributed by atoms with Gasteiger partial charge < -0.3 is 18.6 Å². The lowest BCUT2D eigenvalue weighted by Gasteiger charge is -2.10. The second kappa shape index (κ2) is 8.37. The summed E-state index contributed by atoms with van der Waals surface area (Å²) in [6.07, 6.45) is 2.10. The van der Waals surface area contributed by atoms with Crippen molar-refractivity contribution in [1.29, 1.82) is 0 Å². The van der Waals surface area contributed by atoms with Gasteiger partial charge in [0.25, 0.3) is 0 Å². The fourth-order valence-corrected chi connectivity index (χ4v) is 1.71. The number of carbonyl (C=O) groups excluding carboxylic acids is 2. The number of hydrazone groups is 1. The Labute approximate surface area is 138 Å². The number of esters is 1. The van der Waals surface area contributed by atoms with Crippen LogP contribution in [0.4, 0.5) is 4.79 Å². The number of rotatable bonds is 6. The molecule has 0 saturated carbocycles. The normalized spacial score (nSPS) is 10.4. The molecule has 2 aromatic rings. The van der Waals surface area contributed by atoms with Gasteiger partial charge in [-0.15, -0.1) is 0 Å². The maximum atomic E-state index is 11.9. The van der Waals surface area contributed by atoms with E-state index in [0.717, 1.165) is 0 Å². The van der Waals surface area contributed by atoms with Crippen LogP contribution in [0.15, 0.2) is 46.1 Å². The Balaban J connectivity index is 2.14. The molecule has 1 heterocycles. The predicted molar refractivity (Wildman–Crippen MR) is 84.4 cm³/mol. The molecule has 0 aliphatic carbocycles. The summed E-state index contributed by atoms with van der Waals surface area (Å²) in [4.78, 5) is 22.9. The highest BCUT2D eigenvalue weighted by atomic mass is 16.6. The largest absolute Gasteiger partial charge is 0.490 e. The number of amides is 1. The predicted octanol–water partition coefficient (Wildman–Crippen LogP) is 2.59. The van der Waals surface area contributed by atoms with E-state index in [1.54, 1.807) is 31.2 Å². The number of benzene rings is 1. The summed E-state index contributed by atoms with van der Waals surface area (Å²) in [5, 5.41) is 3.72. The smallest absolute Gasteiger partial charge is 0.427 e. The molecule has 8 heteroatoms. The first-order valence-electron chi connectivity index (χ1n) is 7.03. The second-order valence-corrected chi connectivity index (χ2v) is 4.37. The van der Waals surface area contributed by atoms with Crippen molar-refractivity contribution in [2.45, 2.75) is 6.92 Å². The second-order valence-electron chi connectivity index (χ2n) is 4.37. The molecule has 1 aromatic heterocycles. The van der Waals surface area contributed by atoms with E-state index >= 15 is 0 Å². The molecule has 0 atom stereocenters. The molecule has 126 valence electrons. The molecule has 24 heavy (non-hydrogen) atoms. The van der Waals surface area contributed by atoms with Gasteiger partial charge >= 0.3 is 12.1 Å². The molecule has 0 fully saturated rings. The Hall–Kier alpha value is -3.29. The summed E-state index contributed by atoms with van der Waals surface area (Å²) in [5.41, 5.74) is 2.80. The van der Waals surface area contributed by atoms with E-state index in [-0.39, 0.29) is 11.5 Å². The van der Waals surface area contributed by atoms with Gasteiger partial charge in [-0.3, -0.25) is 0 Å².